The van der Waals surface area contributed by atoms with Crippen LogP contribution in [0.1, 0.15) is 18.9 Å². The highest BCUT2D eigenvalue weighted by atomic mass is 32.2. The Balaban J connectivity index is 2.41. The number of amides is 1. The SMILES string of the molecule is CC[C@H](C(=O)Nc1ccccc1C(F)(F)F)N(c1ccccc1)S(C)(=O)=O. The Kier molecular flexibility index (Phi) is 6.15. The summed E-state index contributed by atoms with van der Waals surface area (Å²) in [5.74, 6) is -0.844. The Morgan fingerprint density at radius 1 is 1.07 bits per heavy atom. The summed E-state index contributed by atoms with van der Waals surface area (Å²) in [7, 11) is -3.85. The zero-order chi connectivity index (χ0) is 20.2. The Morgan fingerprint density at radius 2 is 1.63 bits per heavy atom. The van der Waals surface area contributed by atoms with Gasteiger partial charge in [-0.1, -0.05) is 37.3 Å². The number of alkyl halides is 3. The zero-order valence-electron chi connectivity index (χ0n) is 14.7. The highest BCUT2D eigenvalue weighted by molar-refractivity contribution is 7.92. The molecule has 2 rings (SSSR count). The highest BCUT2D eigenvalue weighted by Crippen LogP contribution is 2.35. The van der Waals surface area contributed by atoms with Crippen LogP contribution in [-0.2, 0) is 21.0 Å². The lowest BCUT2D eigenvalue weighted by Gasteiger charge is -2.30. The van der Waals surface area contributed by atoms with Crippen LogP contribution in [0.15, 0.2) is 54.6 Å². The van der Waals surface area contributed by atoms with Crippen molar-refractivity contribution < 1.29 is 26.4 Å². The van der Waals surface area contributed by atoms with Crippen molar-refractivity contribution in [2.75, 3.05) is 15.9 Å². The lowest BCUT2D eigenvalue weighted by atomic mass is 10.1. The van der Waals surface area contributed by atoms with Crippen LogP contribution in [0, 0.1) is 0 Å². The molecule has 1 N–H and O–H groups in total. The number of nitrogens with zero attached hydrogens (tertiary/aromatic N) is 1. The molecule has 0 spiro atoms. The van der Waals surface area contributed by atoms with Crippen molar-refractivity contribution in [3.05, 3.63) is 60.2 Å². The normalized spacial score (nSPS) is 13.1. The van der Waals surface area contributed by atoms with Gasteiger partial charge in [-0.15, -0.1) is 0 Å². The standard InChI is InChI=1S/C18H19F3N2O3S/c1-3-16(23(27(2,25)26)13-9-5-4-6-10-13)17(24)22-15-12-8-7-11-14(15)18(19,20)21/h4-12,16H,3H2,1-2H3,(H,22,24)/t16-/m1/s1. The van der Waals surface area contributed by atoms with Gasteiger partial charge < -0.3 is 5.32 Å². The van der Waals surface area contributed by atoms with Crippen molar-refractivity contribution >= 4 is 27.3 Å². The molecule has 1 atom stereocenters. The first-order chi connectivity index (χ1) is 12.6. The summed E-state index contributed by atoms with van der Waals surface area (Å²) in [6.45, 7) is 1.58. The van der Waals surface area contributed by atoms with Gasteiger partial charge in [-0.2, -0.15) is 13.2 Å². The third kappa shape index (κ3) is 5.00. The van der Waals surface area contributed by atoms with E-state index in [1.165, 1.54) is 24.3 Å². The largest absolute Gasteiger partial charge is 0.418 e. The molecule has 0 radical (unpaired) electrons. The molecule has 0 saturated carbocycles. The second-order valence-corrected chi connectivity index (χ2v) is 7.71. The van der Waals surface area contributed by atoms with Gasteiger partial charge in [-0.25, -0.2) is 8.42 Å². The van der Waals surface area contributed by atoms with E-state index in [0.717, 1.165) is 22.7 Å². The second kappa shape index (κ2) is 7.99. The molecular weight excluding hydrogens is 381 g/mol. The number of halogens is 3. The zero-order valence-corrected chi connectivity index (χ0v) is 15.5. The third-order valence-electron chi connectivity index (χ3n) is 3.83. The molecule has 0 aliphatic heterocycles. The van der Waals surface area contributed by atoms with Crippen LogP contribution in [0.2, 0.25) is 0 Å². The summed E-state index contributed by atoms with van der Waals surface area (Å²) >= 11 is 0. The number of anilines is 2. The minimum absolute atomic E-state index is 0.0714. The molecule has 0 aromatic heterocycles. The lowest BCUT2D eigenvalue weighted by molar-refractivity contribution is -0.137. The Labute approximate surface area is 155 Å². The van der Waals surface area contributed by atoms with E-state index in [1.807, 2.05) is 0 Å². The second-order valence-electron chi connectivity index (χ2n) is 5.85. The van der Waals surface area contributed by atoms with Gasteiger partial charge in [-0.3, -0.25) is 9.10 Å². The Hall–Kier alpha value is -2.55. The smallest absolute Gasteiger partial charge is 0.324 e. The van der Waals surface area contributed by atoms with E-state index in [4.69, 9.17) is 0 Å². The molecule has 1 amide bonds. The number of carbonyl (C=O) groups excluding carboxylic acids is 1. The summed E-state index contributed by atoms with van der Waals surface area (Å²) in [6, 6.07) is 11.3. The number of para-hydroxylation sites is 2. The van der Waals surface area contributed by atoms with Crippen molar-refractivity contribution in [1.82, 2.24) is 0 Å². The number of sulfonamides is 1. The van der Waals surface area contributed by atoms with Crippen LogP contribution < -0.4 is 9.62 Å². The van der Waals surface area contributed by atoms with Gasteiger partial charge in [0.05, 0.1) is 23.2 Å². The summed E-state index contributed by atoms with van der Waals surface area (Å²) in [6.07, 6.45) is -3.64. The average molecular weight is 400 g/mol. The predicted octanol–water partition coefficient (Wildman–Crippen LogP) is 3.89. The molecule has 0 fully saturated rings. The molecule has 146 valence electrons. The summed E-state index contributed by atoms with van der Waals surface area (Å²) in [4.78, 5) is 12.7. The van der Waals surface area contributed by atoms with Crippen molar-refractivity contribution in [2.45, 2.75) is 25.6 Å². The fraction of sp³-hybridized carbons (Fsp3) is 0.278. The van der Waals surface area contributed by atoms with Crippen LogP contribution in [0.25, 0.3) is 0 Å². The lowest BCUT2D eigenvalue weighted by Crippen LogP contribution is -2.47. The maximum atomic E-state index is 13.1. The Morgan fingerprint density at radius 3 is 2.15 bits per heavy atom. The predicted molar refractivity (Wildman–Crippen MR) is 97.9 cm³/mol. The third-order valence-corrected chi connectivity index (χ3v) is 5.01. The van der Waals surface area contributed by atoms with E-state index in [1.54, 1.807) is 25.1 Å². The molecule has 0 saturated heterocycles. The molecule has 5 nitrogen and oxygen atoms in total. The number of hydrogen-bond donors (Lipinski definition) is 1. The van der Waals surface area contributed by atoms with Crippen molar-refractivity contribution in [2.24, 2.45) is 0 Å². The fourth-order valence-electron chi connectivity index (χ4n) is 2.69. The van der Waals surface area contributed by atoms with Gasteiger partial charge in [0.1, 0.15) is 6.04 Å². The van der Waals surface area contributed by atoms with Gasteiger partial charge in [0.2, 0.25) is 15.9 Å². The van der Waals surface area contributed by atoms with Crippen molar-refractivity contribution in [3.63, 3.8) is 0 Å². The topological polar surface area (TPSA) is 66.5 Å². The summed E-state index contributed by atoms with van der Waals surface area (Å²) in [5.41, 5.74) is -1.17. The van der Waals surface area contributed by atoms with Crippen molar-refractivity contribution in [1.29, 1.82) is 0 Å². The first-order valence-corrected chi connectivity index (χ1v) is 9.92. The minimum Gasteiger partial charge on any atom is -0.324 e. The van der Waals surface area contributed by atoms with Crippen LogP contribution in [0.5, 0.6) is 0 Å². The van der Waals surface area contributed by atoms with Crippen LogP contribution in [0.4, 0.5) is 24.5 Å². The van der Waals surface area contributed by atoms with Crippen LogP contribution >= 0.6 is 0 Å². The van der Waals surface area contributed by atoms with Gasteiger partial charge in [0, 0.05) is 0 Å². The molecular formula is C18H19F3N2O3S. The number of rotatable bonds is 6. The molecule has 2 aromatic carbocycles. The molecule has 2 aromatic rings. The maximum absolute atomic E-state index is 13.1. The molecule has 0 bridgehead atoms. The maximum Gasteiger partial charge on any atom is 0.418 e. The number of hydrogen-bond acceptors (Lipinski definition) is 3. The minimum atomic E-state index is -4.65. The Bertz CT molecular complexity index is 900. The van der Waals surface area contributed by atoms with Gasteiger partial charge >= 0.3 is 6.18 Å². The highest BCUT2D eigenvalue weighted by Gasteiger charge is 2.36. The molecule has 0 aliphatic rings. The monoisotopic (exact) mass is 400 g/mol. The summed E-state index contributed by atoms with van der Waals surface area (Å²) < 4.78 is 64.9. The van der Waals surface area contributed by atoms with E-state index < -0.39 is 39.4 Å². The van der Waals surface area contributed by atoms with E-state index in [9.17, 15) is 26.4 Å². The number of nitrogens with one attached hydrogen (secondary N) is 1. The number of carbonyl (C=O) groups is 1. The van der Waals surface area contributed by atoms with E-state index >= 15 is 0 Å². The van der Waals surface area contributed by atoms with E-state index in [0.29, 0.717) is 0 Å². The number of benzene rings is 2. The average Bonchev–Trinajstić information content (AvgIpc) is 2.58. The van der Waals surface area contributed by atoms with Crippen LogP contribution in [0.3, 0.4) is 0 Å². The van der Waals surface area contributed by atoms with E-state index in [-0.39, 0.29) is 12.1 Å². The first kappa shape index (κ1) is 20.8. The fourth-order valence-corrected chi connectivity index (χ4v) is 3.90. The van der Waals surface area contributed by atoms with E-state index in [2.05, 4.69) is 5.32 Å². The van der Waals surface area contributed by atoms with Gasteiger partial charge in [-0.05, 0) is 30.7 Å². The van der Waals surface area contributed by atoms with Crippen molar-refractivity contribution in [3.8, 4) is 0 Å². The first-order valence-electron chi connectivity index (χ1n) is 8.07. The quantitative estimate of drug-likeness (QED) is 0.800. The molecule has 9 heteroatoms. The van der Waals surface area contributed by atoms with Gasteiger partial charge in [0.15, 0.2) is 0 Å². The molecule has 0 unspecified atom stereocenters. The molecule has 27 heavy (non-hydrogen) atoms. The van der Waals surface area contributed by atoms with Crippen LogP contribution in [-0.4, -0.2) is 26.6 Å². The molecule has 0 aliphatic carbocycles. The molecule has 0 heterocycles. The van der Waals surface area contributed by atoms with Gasteiger partial charge in [0.25, 0.3) is 0 Å². The summed E-state index contributed by atoms with van der Waals surface area (Å²) in [5, 5.41) is 2.23.